The van der Waals surface area contributed by atoms with Crippen LogP contribution < -0.4 is 0 Å². The minimum atomic E-state index is -0.661. The second-order valence-electron chi connectivity index (χ2n) is 6.56. The Hall–Kier alpha value is -4.50. The highest BCUT2D eigenvalue weighted by Gasteiger charge is 2.21. The molecule has 30 heavy (non-hydrogen) atoms. The Morgan fingerprint density at radius 2 is 1.50 bits per heavy atom. The molecule has 0 radical (unpaired) electrons. The molecule has 0 amide bonds. The van der Waals surface area contributed by atoms with Crippen molar-refractivity contribution < 1.29 is 14.8 Å². The number of benzene rings is 3. The van der Waals surface area contributed by atoms with Gasteiger partial charge in [-0.2, -0.15) is 5.26 Å². The van der Waals surface area contributed by atoms with Crippen LogP contribution in [0, 0.1) is 11.3 Å². The molecule has 0 aliphatic heterocycles. The van der Waals surface area contributed by atoms with E-state index < -0.39 is 11.5 Å². The topological polar surface area (TPSA) is 95.4 Å². The molecule has 6 heteroatoms. The Kier molecular flexibility index (Phi) is 4.93. The molecule has 0 saturated carbocycles. The number of aromatic nitrogens is 1. The molecule has 0 saturated heterocycles. The van der Waals surface area contributed by atoms with Crippen molar-refractivity contribution in [1.29, 1.82) is 5.26 Å². The standard InChI is InChI=1S/C24H15N3O3/c25-14-21(26-30)24(29)20-15-27(22-9-5-4-8-19(20)22)18-12-10-17(11-13-18)23(28)16-6-2-1-3-7-16/h1-13,15,30H/b26-21+. The summed E-state index contributed by atoms with van der Waals surface area (Å²) < 4.78 is 1.80. The highest BCUT2D eigenvalue weighted by Crippen LogP contribution is 2.26. The van der Waals surface area contributed by atoms with Crippen LogP contribution in [0.25, 0.3) is 16.6 Å². The van der Waals surface area contributed by atoms with E-state index in [-0.39, 0.29) is 11.3 Å². The fourth-order valence-electron chi connectivity index (χ4n) is 3.35. The number of carbonyl (C=O) groups excluding carboxylic acids is 2. The molecule has 1 aromatic heterocycles. The van der Waals surface area contributed by atoms with Gasteiger partial charge in [0.1, 0.15) is 6.07 Å². The predicted octanol–water partition coefficient (Wildman–Crippen LogP) is 4.40. The number of Topliss-reactive ketones (excluding diaryl/α,β-unsaturated/α-hetero) is 1. The van der Waals surface area contributed by atoms with Crippen LogP contribution in [0.5, 0.6) is 0 Å². The van der Waals surface area contributed by atoms with Gasteiger partial charge in [0.15, 0.2) is 5.78 Å². The van der Waals surface area contributed by atoms with Crippen LogP contribution in [-0.2, 0) is 0 Å². The maximum absolute atomic E-state index is 12.6. The predicted molar refractivity (Wildman–Crippen MR) is 112 cm³/mol. The quantitative estimate of drug-likeness (QED) is 0.235. The molecule has 0 aliphatic rings. The lowest BCUT2D eigenvalue weighted by molar-refractivity contribution is 0.103. The van der Waals surface area contributed by atoms with Crippen molar-refractivity contribution in [2.45, 2.75) is 0 Å². The number of ketones is 2. The normalized spacial score (nSPS) is 11.2. The summed E-state index contributed by atoms with van der Waals surface area (Å²) in [5.74, 6) is -0.737. The maximum Gasteiger partial charge on any atom is 0.227 e. The van der Waals surface area contributed by atoms with Gasteiger partial charge in [-0.25, -0.2) is 0 Å². The van der Waals surface area contributed by atoms with Crippen molar-refractivity contribution in [2.75, 3.05) is 0 Å². The molecule has 0 spiro atoms. The average Bonchev–Trinajstić information content (AvgIpc) is 3.20. The van der Waals surface area contributed by atoms with Gasteiger partial charge in [-0.3, -0.25) is 9.59 Å². The van der Waals surface area contributed by atoms with Gasteiger partial charge in [0.2, 0.25) is 11.5 Å². The molecule has 4 aromatic rings. The van der Waals surface area contributed by atoms with Crippen LogP contribution in [0.1, 0.15) is 26.3 Å². The van der Waals surface area contributed by atoms with E-state index in [1.807, 2.05) is 30.3 Å². The Bertz CT molecular complexity index is 1330. The van der Waals surface area contributed by atoms with Gasteiger partial charge in [0, 0.05) is 28.4 Å². The summed E-state index contributed by atoms with van der Waals surface area (Å²) in [6.45, 7) is 0. The molecule has 4 rings (SSSR count). The number of carbonyl (C=O) groups is 2. The second-order valence-corrected chi connectivity index (χ2v) is 6.56. The third kappa shape index (κ3) is 3.25. The number of nitrogens with zero attached hydrogens (tertiary/aromatic N) is 3. The van der Waals surface area contributed by atoms with Crippen LogP contribution in [0.3, 0.4) is 0 Å². The first-order chi connectivity index (χ1) is 14.6. The highest BCUT2D eigenvalue weighted by atomic mass is 16.4. The molecule has 6 nitrogen and oxygen atoms in total. The van der Waals surface area contributed by atoms with Crippen LogP contribution in [0.4, 0.5) is 0 Å². The average molecular weight is 393 g/mol. The molecule has 1 N–H and O–H groups in total. The SMILES string of the molecule is N#C/C(=N\O)C(=O)c1cn(-c2ccc(C(=O)c3ccccc3)cc2)c2ccccc12. The molecule has 0 aliphatic carbocycles. The van der Waals surface area contributed by atoms with Crippen LogP contribution in [0.2, 0.25) is 0 Å². The zero-order valence-corrected chi connectivity index (χ0v) is 15.7. The summed E-state index contributed by atoms with van der Waals surface area (Å²) in [5, 5.41) is 21.4. The Morgan fingerprint density at radius 1 is 0.867 bits per heavy atom. The maximum atomic E-state index is 12.6. The lowest BCUT2D eigenvalue weighted by Gasteiger charge is -2.07. The summed E-state index contributed by atoms with van der Waals surface area (Å²) in [5.41, 5.74) is 2.33. The molecular weight excluding hydrogens is 378 g/mol. The molecule has 0 fully saturated rings. The van der Waals surface area contributed by atoms with Crippen molar-refractivity contribution >= 4 is 28.2 Å². The van der Waals surface area contributed by atoms with Crippen LogP contribution in [0.15, 0.2) is 90.2 Å². The third-order valence-corrected chi connectivity index (χ3v) is 4.82. The minimum Gasteiger partial charge on any atom is -0.410 e. The number of hydrogen-bond donors (Lipinski definition) is 1. The van der Waals surface area contributed by atoms with Crippen molar-refractivity contribution in [3.63, 3.8) is 0 Å². The first-order valence-corrected chi connectivity index (χ1v) is 9.11. The van der Waals surface area contributed by atoms with E-state index in [9.17, 15) is 9.59 Å². The first-order valence-electron chi connectivity index (χ1n) is 9.11. The molecule has 0 atom stereocenters. The molecule has 0 unspecified atom stereocenters. The van der Waals surface area contributed by atoms with Crippen molar-refractivity contribution in [3.8, 4) is 11.8 Å². The lowest BCUT2D eigenvalue weighted by atomic mass is 10.0. The van der Waals surface area contributed by atoms with Crippen molar-refractivity contribution in [3.05, 3.63) is 102 Å². The van der Waals surface area contributed by atoms with E-state index in [0.29, 0.717) is 16.5 Å². The second kappa shape index (κ2) is 7.86. The summed E-state index contributed by atoms with van der Waals surface area (Å²) in [7, 11) is 0. The van der Waals surface area contributed by atoms with Crippen LogP contribution in [-0.4, -0.2) is 27.1 Å². The zero-order valence-electron chi connectivity index (χ0n) is 15.7. The summed E-state index contributed by atoms with van der Waals surface area (Å²) in [6.07, 6.45) is 1.60. The Labute approximate surface area is 171 Å². The van der Waals surface area contributed by atoms with E-state index in [2.05, 4.69) is 5.16 Å². The zero-order chi connectivity index (χ0) is 21.1. The third-order valence-electron chi connectivity index (χ3n) is 4.82. The van der Waals surface area contributed by atoms with Crippen molar-refractivity contribution in [1.82, 2.24) is 4.57 Å². The molecule has 3 aromatic carbocycles. The fraction of sp³-hybridized carbons (Fsp3) is 0. The minimum absolute atomic E-state index is 0.0757. The molecular formula is C24H15N3O3. The highest BCUT2D eigenvalue weighted by molar-refractivity contribution is 6.52. The number of nitriles is 1. The van der Waals surface area contributed by atoms with E-state index in [0.717, 1.165) is 11.2 Å². The fourth-order valence-corrected chi connectivity index (χ4v) is 3.35. The smallest absolute Gasteiger partial charge is 0.227 e. The van der Waals surface area contributed by atoms with Gasteiger partial charge >= 0.3 is 0 Å². The number of rotatable bonds is 5. The Morgan fingerprint density at radius 3 is 2.17 bits per heavy atom. The van der Waals surface area contributed by atoms with Crippen LogP contribution >= 0.6 is 0 Å². The largest absolute Gasteiger partial charge is 0.410 e. The van der Waals surface area contributed by atoms with Gasteiger partial charge in [0.25, 0.3) is 0 Å². The van der Waals surface area contributed by atoms with Gasteiger partial charge in [-0.1, -0.05) is 53.7 Å². The van der Waals surface area contributed by atoms with Gasteiger partial charge in [-0.15, -0.1) is 0 Å². The van der Waals surface area contributed by atoms with E-state index >= 15 is 0 Å². The monoisotopic (exact) mass is 393 g/mol. The number of para-hydroxylation sites is 1. The van der Waals surface area contributed by atoms with Gasteiger partial charge in [-0.05, 0) is 30.3 Å². The molecule has 1 heterocycles. The summed E-state index contributed by atoms with van der Waals surface area (Å²) in [6, 6.07) is 24.9. The molecule has 144 valence electrons. The Balaban J connectivity index is 1.76. The number of oxime groups is 1. The lowest BCUT2D eigenvalue weighted by Crippen LogP contribution is -2.11. The van der Waals surface area contributed by atoms with Crippen molar-refractivity contribution in [2.24, 2.45) is 5.16 Å². The number of fused-ring (bicyclic) bond motifs is 1. The van der Waals surface area contributed by atoms with E-state index in [4.69, 9.17) is 10.5 Å². The van der Waals surface area contributed by atoms with Gasteiger partial charge in [0.05, 0.1) is 11.1 Å². The summed E-state index contributed by atoms with van der Waals surface area (Å²) >= 11 is 0. The first kappa shape index (κ1) is 18.8. The van der Waals surface area contributed by atoms with E-state index in [1.165, 1.54) is 0 Å². The summed E-state index contributed by atoms with van der Waals surface area (Å²) in [4.78, 5) is 25.2. The molecule has 0 bridgehead atoms. The number of hydrogen-bond acceptors (Lipinski definition) is 5. The van der Waals surface area contributed by atoms with Gasteiger partial charge < -0.3 is 9.77 Å². The van der Waals surface area contributed by atoms with E-state index in [1.54, 1.807) is 65.4 Å².